The minimum Gasteiger partial charge on any atom is -0.396 e. The number of anilines is 1. The molecule has 0 aromatic heterocycles. The maximum atomic E-state index is 8.66. The molecule has 0 radical (unpaired) electrons. The first kappa shape index (κ1) is 8.57. The Bertz CT molecular complexity index is 291. The van der Waals surface area contributed by atoms with E-state index < -0.39 is 0 Å². The molecule has 0 spiro atoms. The molecule has 3 nitrogen and oxygen atoms in total. The number of aliphatic hydroxyl groups is 1. The summed E-state index contributed by atoms with van der Waals surface area (Å²) in [7, 11) is 0. The molecule has 0 aliphatic rings. The Kier molecular flexibility index (Phi) is 3.12. The molecule has 1 aromatic carbocycles. The lowest BCUT2D eigenvalue weighted by Gasteiger charge is -2.00. The number of nitrogens with one attached hydrogen (secondary N) is 1. The number of hydrogen-bond donors (Lipinski definition) is 2. The first-order valence-electron chi connectivity index (χ1n) is 3.71. The van der Waals surface area contributed by atoms with Crippen LogP contribution in [0.15, 0.2) is 24.3 Å². The van der Waals surface area contributed by atoms with E-state index in [9.17, 15) is 0 Å². The lowest BCUT2D eigenvalue weighted by Crippen LogP contribution is -1.92. The molecule has 1 aromatic rings. The number of rotatable bonds is 3. The molecule has 0 atom stereocenters. The second kappa shape index (κ2) is 4.37. The quantitative estimate of drug-likeness (QED) is 0.517. The molecule has 12 heavy (non-hydrogen) atoms. The maximum absolute atomic E-state index is 8.66. The Balaban J connectivity index is 2.75. The molecule has 1 rings (SSSR count). The van der Waals surface area contributed by atoms with Crippen LogP contribution in [0.5, 0.6) is 0 Å². The lowest BCUT2D eigenvalue weighted by molar-refractivity contribution is 0.299. The van der Waals surface area contributed by atoms with E-state index in [0.29, 0.717) is 6.42 Å². The van der Waals surface area contributed by atoms with E-state index in [1.165, 1.54) is 0 Å². The van der Waals surface area contributed by atoms with E-state index in [0.717, 1.165) is 11.3 Å². The summed E-state index contributed by atoms with van der Waals surface area (Å²) in [5.41, 5.74) is 1.79. The van der Waals surface area contributed by atoms with Crippen LogP contribution in [0.25, 0.3) is 0 Å². The van der Waals surface area contributed by atoms with E-state index in [-0.39, 0.29) is 6.61 Å². The summed E-state index contributed by atoms with van der Waals surface area (Å²) in [5.74, 6) is 0. The van der Waals surface area contributed by atoms with Gasteiger partial charge in [-0.15, -0.1) is 0 Å². The highest BCUT2D eigenvalue weighted by atomic mass is 16.2. The van der Waals surface area contributed by atoms with Crippen molar-refractivity contribution in [3.8, 4) is 6.19 Å². The average Bonchev–Trinajstić information content (AvgIpc) is 2.06. The van der Waals surface area contributed by atoms with Crippen molar-refractivity contribution in [2.45, 2.75) is 6.42 Å². The Morgan fingerprint density at radius 2 is 2.33 bits per heavy atom. The zero-order valence-corrected chi connectivity index (χ0v) is 6.62. The zero-order chi connectivity index (χ0) is 8.81. The molecule has 3 heteroatoms. The SMILES string of the molecule is N#CNc1cccc(CCO)c1. The Morgan fingerprint density at radius 1 is 1.50 bits per heavy atom. The van der Waals surface area contributed by atoms with Crippen LogP contribution in [0.4, 0.5) is 5.69 Å². The van der Waals surface area contributed by atoms with Crippen molar-refractivity contribution < 1.29 is 5.11 Å². The molecule has 0 heterocycles. The fourth-order valence-corrected chi connectivity index (χ4v) is 0.998. The topological polar surface area (TPSA) is 56.0 Å². The van der Waals surface area contributed by atoms with E-state index in [1.54, 1.807) is 0 Å². The molecule has 62 valence electrons. The second-order valence-electron chi connectivity index (χ2n) is 2.41. The summed E-state index contributed by atoms with van der Waals surface area (Å²) in [6.45, 7) is 0.135. The van der Waals surface area contributed by atoms with Crippen LogP contribution in [-0.2, 0) is 6.42 Å². The second-order valence-corrected chi connectivity index (χ2v) is 2.41. The molecule has 0 amide bonds. The van der Waals surface area contributed by atoms with Crippen LogP contribution in [0.1, 0.15) is 5.56 Å². The van der Waals surface area contributed by atoms with Crippen LogP contribution in [0.2, 0.25) is 0 Å². The summed E-state index contributed by atoms with van der Waals surface area (Å²) < 4.78 is 0. The summed E-state index contributed by atoms with van der Waals surface area (Å²) >= 11 is 0. The molecule has 2 N–H and O–H groups in total. The highest BCUT2D eigenvalue weighted by Gasteiger charge is 1.93. The third-order valence-electron chi connectivity index (χ3n) is 1.53. The first-order chi connectivity index (χ1) is 5.86. The predicted molar refractivity (Wildman–Crippen MR) is 46.5 cm³/mol. The highest BCUT2D eigenvalue weighted by Crippen LogP contribution is 2.09. The molecular weight excluding hydrogens is 152 g/mol. The van der Waals surface area contributed by atoms with Gasteiger partial charge in [-0.1, -0.05) is 12.1 Å². The number of benzene rings is 1. The van der Waals surface area contributed by atoms with Gasteiger partial charge in [0, 0.05) is 12.3 Å². The lowest BCUT2D eigenvalue weighted by atomic mass is 10.1. The largest absolute Gasteiger partial charge is 0.396 e. The molecule has 0 unspecified atom stereocenters. The Morgan fingerprint density at radius 3 is 3.00 bits per heavy atom. The maximum Gasteiger partial charge on any atom is 0.181 e. The monoisotopic (exact) mass is 162 g/mol. The number of nitrogens with zero attached hydrogens (tertiary/aromatic N) is 1. The molecule has 0 fully saturated rings. The number of aliphatic hydroxyl groups excluding tert-OH is 1. The highest BCUT2D eigenvalue weighted by molar-refractivity contribution is 5.48. The fraction of sp³-hybridized carbons (Fsp3) is 0.222. The third kappa shape index (κ3) is 2.26. The van der Waals surface area contributed by atoms with Gasteiger partial charge in [0.15, 0.2) is 6.19 Å². The van der Waals surface area contributed by atoms with Gasteiger partial charge in [-0.25, -0.2) is 0 Å². The first-order valence-corrected chi connectivity index (χ1v) is 3.71. The fourth-order valence-electron chi connectivity index (χ4n) is 0.998. The molecule has 0 saturated heterocycles. The van der Waals surface area contributed by atoms with E-state index >= 15 is 0 Å². The minimum absolute atomic E-state index is 0.135. The van der Waals surface area contributed by atoms with E-state index in [1.807, 2.05) is 30.5 Å². The van der Waals surface area contributed by atoms with E-state index in [4.69, 9.17) is 10.4 Å². The van der Waals surface area contributed by atoms with Crippen molar-refractivity contribution in [1.82, 2.24) is 0 Å². The Labute approximate surface area is 71.3 Å². The molecular formula is C9H10N2O. The van der Waals surface area contributed by atoms with Crippen LogP contribution in [0.3, 0.4) is 0 Å². The van der Waals surface area contributed by atoms with Gasteiger partial charge in [0.2, 0.25) is 0 Å². The number of nitriles is 1. The molecule has 0 aliphatic carbocycles. The summed E-state index contributed by atoms with van der Waals surface area (Å²) in [6.07, 6.45) is 2.47. The van der Waals surface area contributed by atoms with Crippen LogP contribution in [-0.4, -0.2) is 11.7 Å². The average molecular weight is 162 g/mol. The summed E-state index contributed by atoms with van der Waals surface area (Å²) in [5, 5.41) is 19.5. The van der Waals surface area contributed by atoms with Gasteiger partial charge in [0.05, 0.1) is 0 Å². The summed E-state index contributed by atoms with van der Waals surface area (Å²) in [4.78, 5) is 0. The van der Waals surface area contributed by atoms with Gasteiger partial charge in [-0.3, -0.25) is 5.32 Å². The smallest absolute Gasteiger partial charge is 0.181 e. The van der Waals surface area contributed by atoms with Crippen molar-refractivity contribution in [2.24, 2.45) is 0 Å². The van der Waals surface area contributed by atoms with Gasteiger partial charge in [-0.05, 0) is 24.1 Å². The standard InChI is InChI=1S/C9H10N2O/c10-7-11-9-3-1-2-8(6-9)4-5-12/h1-3,6,11-12H,4-5H2. The van der Waals surface area contributed by atoms with Crippen molar-refractivity contribution in [1.29, 1.82) is 5.26 Å². The van der Waals surface area contributed by atoms with E-state index in [2.05, 4.69) is 5.32 Å². The van der Waals surface area contributed by atoms with Gasteiger partial charge in [-0.2, -0.15) is 5.26 Å². The molecule has 0 saturated carbocycles. The zero-order valence-electron chi connectivity index (χ0n) is 6.62. The van der Waals surface area contributed by atoms with Gasteiger partial charge < -0.3 is 5.11 Å². The normalized spacial score (nSPS) is 9.00. The van der Waals surface area contributed by atoms with Crippen molar-refractivity contribution >= 4 is 5.69 Å². The van der Waals surface area contributed by atoms with Crippen molar-refractivity contribution in [2.75, 3.05) is 11.9 Å². The van der Waals surface area contributed by atoms with Gasteiger partial charge >= 0.3 is 0 Å². The minimum atomic E-state index is 0.135. The number of hydrogen-bond acceptors (Lipinski definition) is 3. The van der Waals surface area contributed by atoms with Crippen molar-refractivity contribution in [3.63, 3.8) is 0 Å². The van der Waals surface area contributed by atoms with Crippen LogP contribution < -0.4 is 5.32 Å². The Hall–Kier alpha value is -1.53. The summed E-state index contributed by atoms with van der Waals surface area (Å²) in [6, 6.07) is 7.42. The predicted octanol–water partition coefficient (Wildman–Crippen LogP) is 1.11. The molecule has 0 bridgehead atoms. The van der Waals surface area contributed by atoms with Crippen LogP contribution in [0, 0.1) is 11.5 Å². The third-order valence-corrected chi connectivity index (χ3v) is 1.53. The van der Waals surface area contributed by atoms with Crippen LogP contribution >= 0.6 is 0 Å². The van der Waals surface area contributed by atoms with Gasteiger partial charge in [0.1, 0.15) is 0 Å². The van der Waals surface area contributed by atoms with Crippen molar-refractivity contribution in [3.05, 3.63) is 29.8 Å². The van der Waals surface area contributed by atoms with Gasteiger partial charge in [0.25, 0.3) is 0 Å². The molecule has 0 aliphatic heterocycles.